The van der Waals surface area contributed by atoms with Crippen LogP contribution in [0.5, 0.6) is 5.75 Å². The number of nitrogens with one attached hydrogen (secondary N) is 1. The summed E-state index contributed by atoms with van der Waals surface area (Å²) < 4.78 is 5.25. The molecule has 25 heavy (non-hydrogen) atoms. The summed E-state index contributed by atoms with van der Waals surface area (Å²) >= 11 is 1.68. The van der Waals surface area contributed by atoms with E-state index in [0.717, 1.165) is 22.1 Å². The zero-order valence-corrected chi connectivity index (χ0v) is 15.5. The van der Waals surface area contributed by atoms with Crippen molar-refractivity contribution in [3.8, 4) is 5.75 Å². The lowest BCUT2D eigenvalue weighted by Gasteiger charge is -2.18. The number of methoxy groups -OCH3 is 1. The Kier molecular flexibility index (Phi) is 5.24. The number of carbonyl (C=O) groups is 1. The van der Waals surface area contributed by atoms with Crippen molar-refractivity contribution < 1.29 is 9.53 Å². The van der Waals surface area contributed by atoms with E-state index in [9.17, 15) is 4.79 Å². The van der Waals surface area contributed by atoms with E-state index >= 15 is 0 Å². The molecule has 1 N–H and O–H groups in total. The minimum Gasteiger partial charge on any atom is -0.497 e. The molecule has 1 aromatic heterocycles. The van der Waals surface area contributed by atoms with E-state index in [1.54, 1.807) is 23.3 Å². The first-order chi connectivity index (χ1) is 12.1. The number of ether oxygens (including phenoxy) is 1. The molecule has 0 atom stereocenters. The van der Waals surface area contributed by atoms with Gasteiger partial charge in [-0.1, -0.05) is 18.2 Å². The van der Waals surface area contributed by atoms with Crippen molar-refractivity contribution in [2.45, 2.75) is 20.0 Å². The maximum absolute atomic E-state index is 12.3. The van der Waals surface area contributed by atoms with Gasteiger partial charge in [-0.3, -0.25) is 0 Å². The van der Waals surface area contributed by atoms with E-state index < -0.39 is 0 Å². The van der Waals surface area contributed by atoms with Gasteiger partial charge < -0.3 is 15.0 Å². The lowest BCUT2D eigenvalue weighted by molar-refractivity contribution is 0.207. The van der Waals surface area contributed by atoms with Crippen LogP contribution in [0, 0.1) is 6.92 Å². The molecule has 2 amide bonds. The van der Waals surface area contributed by atoms with Crippen molar-refractivity contribution >= 4 is 28.1 Å². The minimum atomic E-state index is -0.0670. The molecule has 0 bridgehead atoms. The van der Waals surface area contributed by atoms with Crippen LogP contribution < -0.4 is 10.1 Å². The molecule has 0 aliphatic rings. The molecule has 0 aliphatic heterocycles. The highest BCUT2D eigenvalue weighted by molar-refractivity contribution is 7.10. The smallest absolute Gasteiger partial charge is 0.317 e. The van der Waals surface area contributed by atoms with Crippen LogP contribution in [0.3, 0.4) is 0 Å². The fraction of sp³-hybridized carbons (Fsp3) is 0.250. The molecule has 0 radical (unpaired) electrons. The van der Waals surface area contributed by atoms with Crippen molar-refractivity contribution in [3.05, 3.63) is 63.8 Å². The SMILES string of the molecule is COc1ccc2cc(CNC(=O)N(C)Cc3sccc3C)ccc2c1. The molecule has 0 saturated carbocycles. The molecule has 1 heterocycles. The quantitative estimate of drug-likeness (QED) is 0.730. The molecule has 5 heteroatoms. The van der Waals surface area contributed by atoms with Gasteiger partial charge in [-0.25, -0.2) is 4.79 Å². The summed E-state index contributed by atoms with van der Waals surface area (Å²) in [7, 11) is 3.49. The summed E-state index contributed by atoms with van der Waals surface area (Å²) in [6.45, 7) is 3.21. The summed E-state index contributed by atoms with van der Waals surface area (Å²) in [4.78, 5) is 15.2. The van der Waals surface area contributed by atoms with Crippen LogP contribution in [0.4, 0.5) is 4.79 Å². The second-order valence-electron chi connectivity index (χ2n) is 6.09. The van der Waals surface area contributed by atoms with Gasteiger partial charge in [0.1, 0.15) is 5.75 Å². The van der Waals surface area contributed by atoms with Crippen molar-refractivity contribution in [2.24, 2.45) is 0 Å². The van der Waals surface area contributed by atoms with Gasteiger partial charge >= 0.3 is 6.03 Å². The number of nitrogens with zero attached hydrogens (tertiary/aromatic N) is 1. The fourth-order valence-corrected chi connectivity index (χ4v) is 3.63. The van der Waals surface area contributed by atoms with Crippen LogP contribution in [-0.4, -0.2) is 25.1 Å². The van der Waals surface area contributed by atoms with Crippen LogP contribution in [0.15, 0.2) is 47.8 Å². The van der Waals surface area contributed by atoms with E-state index in [4.69, 9.17) is 4.74 Å². The Hall–Kier alpha value is -2.53. The number of carbonyl (C=O) groups excluding carboxylic acids is 1. The third kappa shape index (κ3) is 4.12. The molecule has 0 spiro atoms. The molecule has 0 aliphatic carbocycles. The van der Waals surface area contributed by atoms with Gasteiger partial charge in [-0.15, -0.1) is 11.3 Å². The van der Waals surface area contributed by atoms with E-state index in [1.165, 1.54) is 10.4 Å². The van der Waals surface area contributed by atoms with Crippen molar-refractivity contribution in [1.29, 1.82) is 0 Å². The number of hydrogen-bond donors (Lipinski definition) is 1. The number of rotatable bonds is 5. The Morgan fingerprint density at radius 3 is 2.64 bits per heavy atom. The molecule has 3 rings (SSSR count). The topological polar surface area (TPSA) is 41.6 Å². The van der Waals surface area contributed by atoms with Crippen LogP contribution >= 0.6 is 11.3 Å². The predicted molar refractivity (Wildman–Crippen MR) is 103 cm³/mol. The summed E-state index contributed by atoms with van der Waals surface area (Å²) in [6.07, 6.45) is 0. The van der Waals surface area contributed by atoms with Crippen LogP contribution in [0.1, 0.15) is 16.0 Å². The average molecular weight is 354 g/mol. The molecule has 0 fully saturated rings. The molecule has 2 aromatic carbocycles. The zero-order valence-electron chi connectivity index (χ0n) is 14.7. The zero-order chi connectivity index (χ0) is 17.8. The van der Waals surface area contributed by atoms with Crippen LogP contribution in [0.2, 0.25) is 0 Å². The Labute approximate surface area is 152 Å². The van der Waals surface area contributed by atoms with Crippen molar-refractivity contribution in [1.82, 2.24) is 10.2 Å². The number of thiophene rings is 1. The predicted octanol–water partition coefficient (Wildman–Crippen LogP) is 4.56. The normalized spacial score (nSPS) is 10.7. The highest BCUT2D eigenvalue weighted by Crippen LogP contribution is 2.22. The molecule has 0 unspecified atom stereocenters. The van der Waals surface area contributed by atoms with E-state index in [2.05, 4.69) is 35.8 Å². The minimum absolute atomic E-state index is 0.0670. The first-order valence-corrected chi connectivity index (χ1v) is 9.03. The molecular formula is C20H22N2O2S. The third-order valence-electron chi connectivity index (χ3n) is 4.25. The number of amides is 2. The summed E-state index contributed by atoms with van der Waals surface area (Å²) in [5, 5.41) is 7.30. The second kappa shape index (κ2) is 7.57. The Balaban J connectivity index is 1.61. The summed E-state index contributed by atoms with van der Waals surface area (Å²) in [5.41, 5.74) is 2.31. The van der Waals surface area contributed by atoms with Crippen LogP contribution in [-0.2, 0) is 13.1 Å². The highest BCUT2D eigenvalue weighted by Gasteiger charge is 2.11. The van der Waals surface area contributed by atoms with Crippen LogP contribution in [0.25, 0.3) is 10.8 Å². The number of fused-ring (bicyclic) bond motifs is 1. The number of urea groups is 1. The van der Waals surface area contributed by atoms with Gasteiger partial charge in [0.05, 0.1) is 13.7 Å². The van der Waals surface area contributed by atoms with Gasteiger partial charge in [0.25, 0.3) is 0 Å². The molecule has 4 nitrogen and oxygen atoms in total. The summed E-state index contributed by atoms with van der Waals surface area (Å²) in [6, 6.07) is 14.2. The van der Waals surface area contributed by atoms with Gasteiger partial charge in [-0.05, 0) is 58.5 Å². The molecule has 3 aromatic rings. The van der Waals surface area contributed by atoms with Gasteiger partial charge in [0.2, 0.25) is 0 Å². The third-order valence-corrected chi connectivity index (χ3v) is 5.26. The Bertz CT molecular complexity index is 888. The highest BCUT2D eigenvalue weighted by atomic mass is 32.1. The first kappa shape index (κ1) is 17.3. The maximum atomic E-state index is 12.3. The van der Waals surface area contributed by atoms with Crippen molar-refractivity contribution in [2.75, 3.05) is 14.2 Å². The van der Waals surface area contributed by atoms with E-state index in [-0.39, 0.29) is 6.03 Å². The number of benzene rings is 2. The van der Waals surface area contributed by atoms with Crippen molar-refractivity contribution in [3.63, 3.8) is 0 Å². The largest absolute Gasteiger partial charge is 0.497 e. The maximum Gasteiger partial charge on any atom is 0.317 e. The lowest BCUT2D eigenvalue weighted by atomic mass is 10.1. The fourth-order valence-electron chi connectivity index (χ4n) is 2.68. The monoisotopic (exact) mass is 354 g/mol. The number of aryl methyl sites for hydroxylation is 1. The van der Waals surface area contributed by atoms with E-state index in [0.29, 0.717) is 13.1 Å². The second-order valence-corrected chi connectivity index (χ2v) is 7.09. The van der Waals surface area contributed by atoms with Gasteiger partial charge in [0, 0.05) is 18.5 Å². The Morgan fingerprint density at radius 2 is 1.92 bits per heavy atom. The molecule has 0 saturated heterocycles. The Morgan fingerprint density at radius 1 is 1.16 bits per heavy atom. The summed E-state index contributed by atoms with van der Waals surface area (Å²) in [5.74, 6) is 0.846. The van der Waals surface area contributed by atoms with E-state index in [1.807, 2.05) is 31.3 Å². The first-order valence-electron chi connectivity index (χ1n) is 8.15. The molecular weight excluding hydrogens is 332 g/mol. The van der Waals surface area contributed by atoms with Gasteiger partial charge in [-0.2, -0.15) is 0 Å². The lowest BCUT2D eigenvalue weighted by Crippen LogP contribution is -2.36. The van der Waals surface area contributed by atoms with Gasteiger partial charge in [0.15, 0.2) is 0 Å². The average Bonchev–Trinajstić information content (AvgIpc) is 3.03. The standard InChI is InChI=1S/C20H22N2O2S/c1-14-8-9-25-19(14)13-22(2)20(23)21-12-15-4-5-17-11-18(24-3)7-6-16(17)10-15/h4-11H,12-13H2,1-3H3,(H,21,23). The number of hydrogen-bond acceptors (Lipinski definition) is 3. The molecule has 130 valence electrons.